The molecule has 2 heterocycles. The second-order valence-electron chi connectivity index (χ2n) is 9.02. The molecule has 1 fully saturated rings. The monoisotopic (exact) mass is 483 g/mol. The molecular formula is C28H35F2N3O2. The minimum absolute atomic E-state index is 0.0107. The quantitative estimate of drug-likeness (QED) is 0.356. The maximum Gasteiger partial charge on any atom is 0.387 e. The number of nitriles is 1. The van der Waals surface area contributed by atoms with E-state index in [1.54, 1.807) is 29.9 Å². The molecule has 0 radical (unpaired) electrons. The normalized spacial score (nSPS) is 12.1. The molecule has 0 bridgehead atoms. The van der Waals surface area contributed by atoms with E-state index in [1.807, 2.05) is 26.0 Å². The summed E-state index contributed by atoms with van der Waals surface area (Å²) in [6.45, 7) is 10.5. The van der Waals surface area contributed by atoms with Crippen molar-refractivity contribution in [1.82, 2.24) is 9.61 Å². The van der Waals surface area contributed by atoms with Crippen LogP contribution >= 0.6 is 0 Å². The van der Waals surface area contributed by atoms with Crippen molar-refractivity contribution in [3.05, 3.63) is 54.4 Å². The first-order valence-electron chi connectivity index (χ1n) is 11.8. The van der Waals surface area contributed by atoms with Crippen LogP contribution in [0.1, 0.15) is 71.4 Å². The number of allylic oxidation sites excluding steroid dienone is 1. The Labute approximate surface area is 207 Å². The van der Waals surface area contributed by atoms with Gasteiger partial charge in [-0.15, -0.1) is 0 Å². The van der Waals surface area contributed by atoms with Crippen LogP contribution in [0.2, 0.25) is 0 Å². The van der Waals surface area contributed by atoms with Gasteiger partial charge in [-0.1, -0.05) is 52.2 Å². The van der Waals surface area contributed by atoms with Crippen LogP contribution in [0.5, 0.6) is 11.5 Å². The highest BCUT2D eigenvalue weighted by Crippen LogP contribution is 2.40. The van der Waals surface area contributed by atoms with Crippen LogP contribution < -0.4 is 9.47 Å². The highest BCUT2D eigenvalue weighted by atomic mass is 19.3. The Morgan fingerprint density at radius 3 is 2.29 bits per heavy atom. The van der Waals surface area contributed by atoms with E-state index >= 15 is 0 Å². The van der Waals surface area contributed by atoms with Gasteiger partial charge in [0.2, 0.25) is 0 Å². The highest BCUT2D eigenvalue weighted by Gasteiger charge is 2.22. The molecule has 0 unspecified atom stereocenters. The van der Waals surface area contributed by atoms with Gasteiger partial charge < -0.3 is 9.47 Å². The molecule has 7 heteroatoms. The molecule has 4 rings (SSSR count). The molecule has 1 aliphatic carbocycles. The summed E-state index contributed by atoms with van der Waals surface area (Å²) < 4.78 is 37.8. The van der Waals surface area contributed by atoms with Crippen LogP contribution in [0.15, 0.2) is 43.2 Å². The minimum atomic E-state index is -2.98. The van der Waals surface area contributed by atoms with Gasteiger partial charge in [0.15, 0.2) is 0 Å². The zero-order valence-corrected chi connectivity index (χ0v) is 21.5. The van der Waals surface area contributed by atoms with Gasteiger partial charge in [0, 0.05) is 11.8 Å². The summed E-state index contributed by atoms with van der Waals surface area (Å²) in [4.78, 5) is 0. The number of rotatable bonds is 6. The molecule has 0 saturated heterocycles. The third kappa shape index (κ3) is 7.29. The molecule has 3 aromatic rings. The Hall–Kier alpha value is -3.40. The van der Waals surface area contributed by atoms with Crippen molar-refractivity contribution in [2.24, 2.45) is 0 Å². The number of methoxy groups -OCH3 is 1. The largest absolute Gasteiger partial charge is 0.496 e. The van der Waals surface area contributed by atoms with Crippen molar-refractivity contribution in [2.75, 3.05) is 7.11 Å². The molecule has 0 spiro atoms. The van der Waals surface area contributed by atoms with Gasteiger partial charge in [-0.25, -0.2) is 4.52 Å². The van der Waals surface area contributed by atoms with Gasteiger partial charge in [-0.2, -0.15) is 19.1 Å². The Morgan fingerprint density at radius 1 is 1.20 bits per heavy atom. The molecule has 0 aliphatic heterocycles. The molecular weight excluding hydrogens is 448 g/mol. The molecule has 2 aromatic heterocycles. The minimum Gasteiger partial charge on any atom is -0.496 e. The lowest BCUT2D eigenvalue weighted by Crippen LogP contribution is -2.14. The molecule has 0 atom stereocenters. The standard InChI is InChI=1S/C22H21F2N3O2.C3H6.C3H8/c1-13(2)20-18(28-5)8-14(9-19(20)29-21(23)24)16-10-26-27-11-15(6-7-17(16)27)22(3,4)12-25;1-2-3-1;1-3-2/h6-11,21H,1H2,2-5H3;1-3H2;3H2,1-2H3. The van der Waals surface area contributed by atoms with Gasteiger partial charge >= 0.3 is 6.61 Å². The molecule has 0 N–H and O–H groups in total. The van der Waals surface area contributed by atoms with E-state index in [-0.39, 0.29) is 5.75 Å². The molecule has 1 aromatic carbocycles. The van der Waals surface area contributed by atoms with Crippen LogP contribution in [0.25, 0.3) is 22.2 Å². The van der Waals surface area contributed by atoms with Crippen molar-refractivity contribution < 1.29 is 18.3 Å². The molecule has 188 valence electrons. The highest BCUT2D eigenvalue weighted by molar-refractivity contribution is 5.85. The van der Waals surface area contributed by atoms with E-state index in [9.17, 15) is 14.0 Å². The predicted octanol–water partition coefficient (Wildman–Crippen LogP) is 8.03. The van der Waals surface area contributed by atoms with Crippen LogP contribution in [-0.4, -0.2) is 23.3 Å². The topological polar surface area (TPSA) is 59.5 Å². The number of benzene rings is 1. The van der Waals surface area contributed by atoms with Gasteiger partial charge in [0.05, 0.1) is 35.9 Å². The van der Waals surface area contributed by atoms with Gasteiger partial charge in [0.1, 0.15) is 11.5 Å². The van der Waals surface area contributed by atoms with E-state index in [0.717, 1.165) is 16.6 Å². The number of hydrogen-bond acceptors (Lipinski definition) is 4. The SMILES string of the molecule is C1CC1.C=C(C)c1c(OC)cc(-c2cnn3cc(C(C)(C)C#N)ccc23)cc1OC(F)F.CCC. The van der Waals surface area contributed by atoms with E-state index in [0.29, 0.717) is 22.4 Å². The molecule has 5 nitrogen and oxygen atoms in total. The summed E-state index contributed by atoms with van der Waals surface area (Å²) >= 11 is 0. The number of ether oxygens (including phenoxy) is 2. The molecule has 35 heavy (non-hydrogen) atoms. The average Bonchev–Trinajstić information content (AvgIpc) is 3.63. The molecule has 1 saturated carbocycles. The summed E-state index contributed by atoms with van der Waals surface area (Å²) in [5.74, 6) is 0.371. The lowest BCUT2D eigenvalue weighted by Gasteiger charge is -2.17. The third-order valence-electron chi connectivity index (χ3n) is 5.11. The maximum atomic E-state index is 13.0. The van der Waals surface area contributed by atoms with Crippen LogP contribution in [-0.2, 0) is 5.41 Å². The Kier molecular flexibility index (Phi) is 9.82. The van der Waals surface area contributed by atoms with E-state index < -0.39 is 12.0 Å². The fraction of sp³-hybridized carbons (Fsp3) is 0.429. The van der Waals surface area contributed by atoms with Crippen molar-refractivity contribution in [3.8, 4) is 28.7 Å². The van der Waals surface area contributed by atoms with Gasteiger partial charge in [0.25, 0.3) is 0 Å². The second-order valence-corrected chi connectivity index (χ2v) is 9.02. The lowest BCUT2D eigenvalue weighted by atomic mass is 9.87. The smallest absolute Gasteiger partial charge is 0.387 e. The van der Waals surface area contributed by atoms with Crippen LogP contribution in [0.3, 0.4) is 0 Å². The summed E-state index contributed by atoms with van der Waals surface area (Å²) in [5, 5.41) is 13.7. The van der Waals surface area contributed by atoms with Gasteiger partial charge in [-0.05, 0) is 55.7 Å². The Morgan fingerprint density at radius 2 is 1.80 bits per heavy atom. The number of fused-ring (bicyclic) bond motifs is 1. The predicted molar refractivity (Wildman–Crippen MR) is 137 cm³/mol. The third-order valence-corrected chi connectivity index (χ3v) is 5.11. The first-order valence-corrected chi connectivity index (χ1v) is 11.8. The summed E-state index contributed by atoms with van der Waals surface area (Å²) in [6, 6.07) is 9.25. The summed E-state index contributed by atoms with van der Waals surface area (Å²) in [7, 11) is 1.46. The number of nitrogens with zero attached hydrogens (tertiary/aromatic N) is 3. The number of pyridine rings is 1. The fourth-order valence-corrected chi connectivity index (χ4v) is 3.16. The second kappa shape index (κ2) is 12.3. The van der Waals surface area contributed by atoms with Gasteiger partial charge in [-0.3, -0.25) is 0 Å². The number of hydrogen-bond donors (Lipinski definition) is 0. The number of aromatic nitrogens is 2. The van der Waals surface area contributed by atoms with E-state index in [4.69, 9.17) is 9.47 Å². The van der Waals surface area contributed by atoms with Crippen LogP contribution in [0, 0.1) is 11.3 Å². The van der Waals surface area contributed by atoms with Crippen molar-refractivity contribution in [2.45, 2.75) is 72.3 Å². The fourth-order valence-electron chi connectivity index (χ4n) is 3.16. The maximum absolute atomic E-state index is 13.0. The Bertz CT molecular complexity index is 1190. The van der Waals surface area contributed by atoms with Crippen molar-refractivity contribution >= 4 is 11.1 Å². The summed E-state index contributed by atoms with van der Waals surface area (Å²) in [5.41, 5.74) is 3.19. The zero-order chi connectivity index (χ0) is 26.2. The summed E-state index contributed by atoms with van der Waals surface area (Å²) in [6.07, 6.45) is 9.18. The first-order chi connectivity index (χ1) is 16.6. The molecule has 1 aliphatic rings. The first kappa shape index (κ1) is 27.8. The van der Waals surface area contributed by atoms with Crippen molar-refractivity contribution in [1.29, 1.82) is 5.26 Å². The van der Waals surface area contributed by atoms with E-state index in [2.05, 4.69) is 31.6 Å². The lowest BCUT2D eigenvalue weighted by molar-refractivity contribution is -0.0500. The van der Waals surface area contributed by atoms with Crippen LogP contribution in [0.4, 0.5) is 8.78 Å². The molecule has 0 amide bonds. The Balaban J connectivity index is 0.000000639. The average molecular weight is 484 g/mol. The number of halogens is 2. The van der Waals surface area contributed by atoms with Crippen molar-refractivity contribution in [3.63, 3.8) is 0 Å². The number of alkyl halides is 2. The zero-order valence-electron chi connectivity index (χ0n) is 21.5. The van der Waals surface area contributed by atoms with E-state index in [1.165, 1.54) is 38.9 Å².